The van der Waals surface area contributed by atoms with E-state index in [1.165, 1.54) is 7.11 Å². The highest BCUT2D eigenvalue weighted by atomic mass is 31.2. The monoisotopic (exact) mass is 445 g/mol. The van der Waals surface area contributed by atoms with Crippen molar-refractivity contribution in [1.29, 1.82) is 0 Å². The van der Waals surface area contributed by atoms with Crippen LogP contribution < -0.4 is 5.73 Å². The number of methoxy groups -OCH3 is 1. The zero-order valence-corrected chi connectivity index (χ0v) is 20.1. The fourth-order valence-electron chi connectivity index (χ4n) is 3.12. The van der Waals surface area contributed by atoms with Crippen LogP contribution in [0.5, 0.6) is 0 Å². The minimum atomic E-state index is -4.07. The van der Waals surface area contributed by atoms with E-state index in [4.69, 9.17) is 28.6 Å². The lowest BCUT2D eigenvalue weighted by atomic mass is 9.77. The maximum absolute atomic E-state index is 13.8. The zero-order chi connectivity index (χ0) is 22.2. The van der Waals surface area contributed by atoms with Crippen molar-refractivity contribution in [1.82, 2.24) is 0 Å². The van der Waals surface area contributed by atoms with Gasteiger partial charge in [0.1, 0.15) is 6.04 Å². The van der Waals surface area contributed by atoms with Gasteiger partial charge in [0, 0.05) is 5.92 Å². The highest BCUT2D eigenvalue weighted by Crippen LogP contribution is 2.74. The first-order chi connectivity index (χ1) is 12.9. The molecule has 0 aliphatic rings. The van der Waals surface area contributed by atoms with E-state index in [9.17, 15) is 13.9 Å². The number of carbonyl (C=O) groups excluding carboxylic acids is 1. The summed E-state index contributed by atoms with van der Waals surface area (Å²) >= 11 is 0. The van der Waals surface area contributed by atoms with Crippen molar-refractivity contribution in [3.05, 3.63) is 0 Å². The maximum atomic E-state index is 13.8. The molecule has 0 amide bonds. The topological polar surface area (TPSA) is 123 Å². The summed E-state index contributed by atoms with van der Waals surface area (Å²) in [4.78, 5) is 12.3. The van der Waals surface area contributed by atoms with Crippen LogP contribution in [0.25, 0.3) is 0 Å². The van der Waals surface area contributed by atoms with Gasteiger partial charge in [-0.3, -0.25) is 13.9 Å². The lowest BCUT2D eigenvalue weighted by Crippen LogP contribution is -2.50. The van der Waals surface area contributed by atoms with Crippen molar-refractivity contribution in [2.75, 3.05) is 33.5 Å². The first-order valence-corrected chi connectivity index (χ1v) is 12.7. The third-order valence-corrected chi connectivity index (χ3v) is 10.2. The van der Waals surface area contributed by atoms with E-state index in [2.05, 4.69) is 0 Å². The molecule has 0 aliphatic heterocycles. The second-order valence-electron chi connectivity index (χ2n) is 7.11. The minimum Gasteiger partial charge on any atom is -0.468 e. The standard InChI is InChI=1S/C17H37NO8P2/c1-9-23-27(20,24-10-2)16(28(21,25-11-3)26-12-4)13(17(5,6)7)14(18)15(19)22-8/h13-14,16H,9-12,18H2,1-8H3/t13-,14+/m1/s1. The lowest BCUT2D eigenvalue weighted by molar-refractivity contribution is -0.144. The van der Waals surface area contributed by atoms with Crippen molar-refractivity contribution in [3.63, 3.8) is 0 Å². The summed E-state index contributed by atoms with van der Waals surface area (Å²) in [6.45, 7) is 12.1. The van der Waals surface area contributed by atoms with Crippen LogP contribution in [0.1, 0.15) is 48.5 Å². The van der Waals surface area contributed by atoms with Crippen LogP contribution in [0.15, 0.2) is 0 Å². The molecule has 0 bridgehead atoms. The van der Waals surface area contributed by atoms with Gasteiger partial charge in [-0.2, -0.15) is 0 Å². The average Bonchev–Trinajstić information content (AvgIpc) is 2.57. The summed E-state index contributed by atoms with van der Waals surface area (Å²) in [5.74, 6) is -1.68. The van der Waals surface area contributed by atoms with E-state index >= 15 is 0 Å². The number of hydrogen-bond donors (Lipinski definition) is 1. The van der Waals surface area contributed by atoms with Crippen LogP contribution in [-0.4, -0.2) is 50.9 Å². The Morgan fingerprint density at radius 2 is 1.18 bits per heavy atom. The van der Waals surface area contributed by atoms with Gasteiger partial charge in [0.15, 0.2) is 5.40 Å². The molecule has 0 aromatic heterocycles. The highest BCUT2D eigenvalue weighted by Gasteiger charge is 2.60. The van der Waals surface area contributed by atoms with E-state index in [-0.39, 0.29) is 26.4 Å². The normalized spacial score (nSPS) is 15.5. The number of rotatable bonds is 13. The molecule has 0 aliphatic carbocycles. The summed E-state index contributed by atoms with van der Waals surface area (Å²) in [6, 6.07) is -1.25. The van der Waals surface area contributed by atoms with Gasteiger partial charge in [0.05, 0.1) is 33.5 Å². The van der Waals surface area contributed by atoms with Crippen LogP contribution in [-0.2, 0) is 36.8 Å². The molecule has 9 nitrogen and oxygen atoms in total. The van der Waals surface area contributed by atoms with Crippen molar-refractivity contribution in [3.8, 4) is 0 Å². The lowest BCUT2D eigenvalue weighted by Gasteiger charge is -2.43. The number of hydrogen-bond acceptors (Lipinski definition) is 9. The zero-order valence-electron chi connectivity index (χ0n) is 18.3. The van der Waals surface area contributed by atoms with Crippen LogP contribution in [0.3, 0.4) is 0 Å². The summed E-state index contributed by atoms with van der Waals surface area (Å²) < 4.78 is 54.5. The quantitative estimate of drug-likeness (QED) is 0.331. The Morgan fingerprint density at radius 1 is 0.857 bits per heavy atom. The Balaban J connectivity index is 6.87. The molecular formula is C17H37NO8P2. The molecule has 0 aromatic rings. The number of nitrogens with two attached hydrogens (primary N) is 1. The molecular weight excluding hydrogens is 408 g/mol. The Bertz CT molecular complexity index is 528. The molecule has 0 rings (SSSR count). The molecule has 11 heteroatoms. The van der Waals surface area contributed by atoms with E-state index in [1.807, 2.05) is 0 Å². The highest BCUT2D eigenvalue weighted by molar-refractivity contribution is 7.72. The average molecular weight is 445 g/mol. The van der Waals surface area contributed by atoms with Gasteiger partial charge >= 0.3 is 21.2 Å². The van der Waals surface area contributed by atoms with E-state index in [1.54, 1.807) is 48.5 Å². The van der Waals surface area contributed by atoms with Crippen LogP contribution >= 0.6 is 15.2 Å². The molecule has 0 saturated carbocycles. The molecule has 0 unspecified atom stereocenters. The summed E-state index contributed by atoms with van der Waals surface area (Å²) in [6.07, 6.45) is 0. The summed E-state index contributed by atoms with van der Waals surface area (Å²) in [5, 5.41) is -1.41. The van der Waals surface area contributed by atoms with E-state index in [0.29, 0.717) is 0 Å². The molecule has 168 valence electrons. The fourth-order valence-corrected chi connectivity index (χ4v) is 9.56. The molecule has 0 radical (unpaired) electrons. The first kappa shape index (κ1) is 27.7. The Kier molecular flexibility index (Phi) is 11.7. The molecule has 0 spiro atoms. The largest absolute Gasteiger partial charge is 0.468 e. The van der Waals surface area contributed by atoms with Crippen molar-refractivity contribution in [2.24, 2.45) is 17.1 Å². The van der Waals surface area contributed by atoms with Crippen molar-refractivity contribution < 1.29 is 36.8 Å². The predicted octanol–water partition coefficient (Wildman–Crippen LogP) is 4.01. The van der Waals surface area contributed by atoms with Crippen LogP contribution in [0.4, 0.5) is 0 Å². The van der Waals surface area contributed by atoms with E-state index in [0.717, 1.165) is 0 Å². The third kappa shape index (κ3) is 6.91. The minimum absolute atomic E-state index is 0.0380. The summed E-state index contributed by atoms with van der Waals surface area (Å²) in [7, 11) is -6.94. The van der Waals surface area contributed by atoms with Gasteiger partial charge < -0.3 is 28.6 Å². The van der Waals surface area contributed by atoms with E-state index < -0.39 is 43.9 Å². The SMILES string of the molecule is CCOP(=O)(OCC)C([C@@H]([C@H](N)C(=O)OC)C(C)(C)C)P(=O)(OCC)OCC. The molecule has 0 heterocycles. The van der Waals surface area contributed by atoms with Crippen LogP contribution in [0.2, 0.25) is 0 Å². The van der Waals surface area contributed by atoms with Crippen molar-refractivity contribution >= 4 is 21.2 Å². The van der Waals surface area contributed by atoms with Crippen molar-refractivity contribution in [2.45, 2.75) is 59.9 Å². The molecule has 0 fully saturated rings. The second kappa shape index (κ2) is 11.8. The third-order valence-electron chi connectivity index (χ3n) is 4.07. The maximum Gasteiger partial charge on any atom is 0.346 e. The number of ether oxygens (including phenoxy) is 1. The van der Waals surface area contributed by atoms with Gasteiger partial charge in [-0.25, -0.2) is 0 Å². The smallest absolute Gasteiger partial charge is 0.346 e. The molecule has 0 saturated heterocycles. The number of esters is 1. The predicted molar refractivity (Wildman–Crippen MR) is 108 cm³/mol. The van der Waals surface area contributed by atoms with Gasteiger partial charge in [0.25, 0.3) is 0 Å². The van der Waals surface area contributed by atoms with Crippen LogP contribution in [0, 0.1) is 11.3 Å². The second-order valence-corrected chi connectivity index (χ2v) is 11.8. The first-order valence-electron chi connectivity index (χ1n) is 9.49. The fraction of sp³-hybridized carbons (Fsp3) is 0.941. The molecule has 28 heavy (non-hydrogen) atoms. The van der Waals surface area contributed by atoms with Gasteiger partial charge in [-0.15, -0.1) is 0 Å². The molecule has 2 N–H and O–H groups in total. The van der Waals surface area contributed by atoms with Gasteiger partial charge in [-0.1, -0.05) is 20.8 Å². The molecule has 2 atom stereocenters. The van der Waals surface area contributed by atoms with Gasteiger partial charge in [-0.05, 0) is 33.1 Å². The molecule has 0 aromatic carbocycles. The Hall–Kier alpha value is -0.270. The van der Waals surface area contributed by atoms with Gasteiger partial charge in [0.2, 0.25) is 0 Å². The Labute approximate surface area is 169 Å². The summed E-state index contributed by atoms with van der Waals surface area (Å²) in [5.41, 5.74) is 5.45. The number of carbonyl (C=O) groups is 1. The Morgan fingerprint density at radius 3 is 1.39 bits per heavy atom.